The average Bonchev–Trinajstić information content (AvgIpc) is 3.40. The number of anilines is 7. The van der Waals surface area contributed by atoms with Crippen molar-refractivity contribution < 1.29 is 0 Å². The van der Waals surface area contributed by atoms with Gasteiger partial charge in [0.2, 0.25) is 0 Å². The summed E-state index contributed by atoms with van der Waals surface area (Å²) < 4.78 is 0. The van der Waals surface area contributed by atoms with Gasteiger partial charge in [-0.2, -0.15) is 0 Å². The Bertz CT molecular complexity index is 3290. The molecule has 3 heteroatoms. The first-order valence-corrected chi connectivity index (χ1v) is 22.8. The van der Waals surface area contributed by atoms with Crippen LogP contribution in [0, 0.1) is 0 Å². The van der Waals surface area contributed by atoms with Crippen LogP contribution in [0.1, 0.15) is 0 Å². The van der Waals surface area contributed by atoms with Crippen molar-refractivity contribution in [2.45, 2.75) is 0 Å². The van der Waals surface area contributed by atoms with Crippen molar-refractivity contribution in [3.63, 3.8) is 0 Å². The van der Waals surface area contributed by atoms with Gasteiger partial charge in [0.25, 0.3) is 0 Å². The summed E-state index contributed by atoms with van der Waals surface area (Å²) in [4.78, 5) is 4.72. The number of rotatable bonds is 8. The molecule has 3 nitrogen and oxygen atoms in total. The molecule has 0 aliphatic rings. The number of benzene rings is 12. The second kappa shape index (κ2) is 18.3. The first kappa shape index (κ1) is 40.8. The molecule has 0 aliphatic heterocycles. The normalized spacial score (nSPS) is 11.0. The summed E-state index contributed by atoms with van der Waals surface area (Å²) in [6, 6.07) is 97.1. The van der Waals surface area contributed by atoms with E-state index in [-0.39, 0.29) is 0 Å². The molecule has 2 N–H and O–H groups in total. The number of fused-ring (bicyclic) bond motifs is 4. The molecular formula is C64H47N3. The average molecular weight is 858 g/mol. The first-order valence-electron chi connectivity index (χ1n) is 22.8. The van der Waals surface area contributed by atoms with Gasteiger partial charge < -0.3 is 15.5 Å². The standard InChI is InChI=1S/C52H36N2.C12H11N/c1-5-13-43-33-49(29-21-37(43)9-1)53(50-30-22-38-10-2-6-14-44(38)34-50)47-25-17-41(18-26-47)42-19-27-48(28-20-42)54(51-31-23-39-11-3-7-15-45(39)35-51)52-32-24-40-12-4-8-16-46(40)36-52;13-12-9-5-4-8-11(12)10-6-2-1-3-7-10/h1-36H;1-9H,13H2. The molecule has 0 unspecified atom stereocenters. The van der Waals surface area contributed by atoms with Gasteiger partial charge in [0.15, 0.2) is 0 Å². The van der Waals surface area contributed by atoms with Crippen molar-refractivity contribution in [1.82, 2.24) is 0 Å². The van der Waals surface area contributed by atoms with E-state index in [9.17, 15) is 0 Å². The fraction of sp³-hybridized carbons (Fsp3) is 0. The Balaban J connectivity index is 0.000000328. The van der Waals surface area contributed by atoms with E-state index in [1.54, 1.807) is 0 Å². The summed E-state index contributed by atoms with van der Waals surface area (Å²) in [5.74, 6) is 0. The molecule has 12 aromatic rings. The summed E-state index contributed by atoms with van der Waals surface area (Å²) in [6.07, 6.45) is 0. The highest BCUT2D eigenvalue weighted by Crippen LogP contribution is 2.41. The van der Waals surface area contributed by atoms with Crippen LogP contribution in [0.3, 0.4) is 0 Å². The molecule has 0 aromatic heterocycles. The third kappa shape index (κ3) is 8.58. The summed E-state index contributed by atoms with van der Waals surface area (Å²) in [7, 11) is 0. The third-order valence-corrected chi connectivity index (χ3v) is 12.6. The first-order chi connectivity index (χ1) is 33.1. The molecule has 0 radical (unpaired) electrons. The number of nitrogen functional groups attached to an aromatic ring is 1. The van der Waals surface area contributed by atoms with Crippen LogP contribution in [-0.4, -0.2) is 0 Å². The maximum Gasteiger partial charge on any atom is 0.0468 e. The third-order valence-electron chi connectivity index (χ3n) is 12.6. The number of hydrogen-bond acceptors (Lipinski definition) is 3. The summed E-state index contributed by atoms with van der Waals surface area (Å²) in [6.45, 7) is 0. The second-order valence-electron chi connectivity index (χ2n) is 16.8. The monoisotopic (exact) mass is 857 g/mol. The van der Waals surface area contributed by atoms with Crippen LogP contribution in [0.5, 0.6) is 0 Å². The van der Waals surface area contributed by atoms with Gasteiger partial charge >= 0.3 is 0 Å². The van der Waals surface area contributed by atoms with Crippen LogP contribution in [0.4, 0.5) is 39.8 Å². The highest BCUT2D eigenvalue weighted by Gasteiger charge is 2.17. The Morgan fingerprint density at radius 2 is 0.493 bits per heavy atom. The Labute approximate surface area is 391 Å². The number of para-hydroxylation sites is 1. The molecule has 0 saturated carbocycles. The quantitative estimate of drug-likeness (QED) is 0.155. The molecule has 67 heavy (non-hydrogen) atoms. The second-order valence-corrected chi connectivity index (χ2v) is 16.8. The highest BCUT2D eigenvalue weighted by atomic mass is 15.1. The van der Waals surface area contributed by atoms with Gasteiger partial charge in [-0.15, -0.1) is 0 Å². The number of nitrogens with two attached hydrogens (primary N) is 1. The van der Waals surface area contributed by atoms with Gasteiger partial charge in [0, 0.05) is 45.4 Å². The van der Waals surface area contributed by atoms with Crippen LogP contribution in [0.15, 0.2) is 273 Å². The van der Waals surface area contributed by atoms with Crippen LogP contribution < -0.4 is 15.5 Å². The van der Waals surface area contributed by atoms with Gasteiger partial charge in [-0.25, -0.2) is 0 Å². The Hall–Kier alpha value is -8.92. The minimum atomic E-state index is 0.828. The fourth-order valence-electron chi connectivity index (χ4n) is 9.14. The van der Waals surface area contributed by atoms with Gasteiger partial charge in [0.05, 0.1) is 0 Å². The molecule has 0 atom stereocenters. The Morgan fingerprint density at radius 1 is 0.209 bits per heavy atom. The van der Waals surface area contributed by atoms with E-state index in [1.807, 2.05) is 42.5 Å². The van der Waals surface area contributed by atoms with Crippen molar-refractivity contribution >= 4 is 82.9 Å². The van der Waals surface area contributed by atoms with E-state index in [2.05, 4.69) is 240 Å². The van der Waals surface area contributed by atoms with Crippen molar-refractivity contribution in [3.05, 3.63) is 273 Å². The van der Waals surface area contributed by atoms with E-state index in [4.69, 9.17) is 5.73 Å². The van der Waals surface area contributed by atoms with E-state index in [1.165, 1.54) is 59.8 Å². The van der Waals surface area contributed by atoms with E-state index in [0.717, 1.165) is 45.4 Å². The van der Waals surface area contributed by atoms with E-state index < -0.39 is 0 Å². The van der Waals surface area contributed by atoms with Crippen LogP contribution >= 0.6 is 0 Å². The Kier molecular flexibility index (Phi) is 11.1. The molecule has 0 amide bonds. The molecule has 0 fully saturated rings. The zero-order chi connectivity index (χ0) is 44.9. The number of nitrogens with zero attached hydrogens (tertiary/aromatic N) is 2. The number of hydrogen-bond donors (Lipinski definition) is 1. The molecule has 0 spiro atoms. The maximum absolute atomic E-state index is 5.85. The SMILES string of the molecule is Nc1ccccc1-c1ccccc1.c1ccc2cc(N(c3ccc(-c4ccc(N(c5ccc6ccccc6c5)c5ccc6ccccc6c5)cc4)cc3)c3ccc4ccccc4c3)ccc2c1. The van der Waals surface area contributed by atoms with Crippen LogP contribution in [-0.2, 0) is 0 Å². The lowest BCUT2D eigenvalue weighted by atomic mass is 10.0. The fourth-order valence-corrected chi connectivity index (χ4v) is 9.14. The minimum absolute atomic E-state index is 0.828. The highest BCUT2D eigenvalue weighted by molar-refractivity contribution is 5.95. The molecule has 0 saturated heterocycles. The topological polar surface area (TPSA) is 32.5 Å². The molecule has 0 bridgehead atoms. The van der Waals surface area contributed by atoms with Crippen LogP contribution in [0.25, 0.3) is 65.3 Å². The van der Waals surface area contributed by atoms with E-state index >= 15 is 0 Å². The zero-order valence-corrected chi connectivity index (χ0v) is 37.0. The summed E-state index contributed by atoms with van der Waals surface area (Å²) in [5, 5.41) is 9.82. The molecular weight excluding hydrogens is 811 g/mol. The smallest absolute Gasteiger partial charge is 0.0468 e. The van der Waals surface area contributed by atoms with Crippen molar-refractivity contribution in [3.8, 4) is 22.3 Å². The van der Waals surface area contributed by atoms with Gasteiger partial charge in [-0.3, -0.25) is 0 Å². The minimum Gasteiger partial charge on any atom is -0.398 e. The molecule has 12 rings (SSSR count). The van der Waals surface area contributed by atoms with E-state index in [0.29, 0.717) is 0 Å². The van der Waals surface area contributed by atoms with Crippen molar-refractivity contribution in [2.24, 2.45) is 0 Å². The van der Waals surface area contributed by atoms with Crippen molar-refractivity contribution in [2.75, 3.05) is 15.5 Å². The largest absolute Gasteiger partial charge is 0.398 e. The van der Waals surface area contributed by atoms with Crippen molar-refractivity contribution in [1.29, 1.82) is 0 Å². The van der Waals surface area contributed by atoms with Gasteiger partial charge in [-0.1, -0.05) is 194 Å². The summed E-state index contributed by atoms with van der Waals surface area (Å²) >= 11 is 0. The van der Waals surface area contributed by atoms with Crippen LogP contribution in [0.2, 0.25) is 0 Å². The predicted octanol–water partition coefficient (Wildman–Crippen LogP) is 17.8. The lowest BCUT2D eigenvalue weighted by Gasteiger charge is -2.27. The zero-order valence-electron chi connectivity index (χ0n) is 37.0. The summed E-state index contributed by atoms with van der Waals surface area (Å²) in [5.41, 5.74) is 18.0. The predicted molar refractivity (Wildman–Crippen MR) is 288 cm³/mol. The lowest BCUT2D eigenvalue weighted by molar-refractivity contribution is 1.29. The molecule has 12 aromatic carbocycles. The molecule has 0 heterocycles. The molecule has 0 aliphatic carbocycles. The van der Waals surface area contributed by atoms with Gasteiger partial charge in [-0.05, 0) is 139 Å². The lowest BCUT2D eigenvalue weighted by Crippen LogP contribution is -2.10. The molecule has 318 valence electrons. The Morgan fingerprint density at radius 3 is 0.836 bits per heavy atom. The maximum atomic E-state index is 5.85. The van der Waals surface area contributed by atoms with Gasteiger partial charge in [0.1, 0.15) is 0 Å².